The summed E-state index contributed by atoms with van der Waals surface area (Å²) in [4.78, 5) is 17.2. The lowest BCUT2D eigenvalue weighted by atomic mass is 10.2. The molecule has 1 saturated heterocycles. The smallest absolute Gasteiger partial charge is 0.416 e. The van der Waals surface area contributed by atoms with Gasteiger partial charge in [0.15, 0.2) is 0 Å². The summed E-state index contributed by atoms with van der Waals surface area (Å²) in [5.41, 5.74) is -0.810. The minimum Gasteiger partial charge on any atom is -0.472 e. The highest BCUT2D eigenvalue weighted by atomic mass is 19.4. The van der Waals surface area contributed by atoms with Crippen molar-refractivity contribution in [3.8, 4) is 5.88 Å². The molecule has 23 heavy (non-hydrogen) atoms. The van der Waals surface area contributed by atoms with Gasteiger partial charge in [0.2, 0.25) is 5.88 Å². The summed E-state index contributed by atoms with van der Waals surface area (Å²) in [6.07, 6.45) is -3.22. The van der Waals surface area contributed by atoms with E-state index in [-0.39, 0.29) is 18.0 Å². The van der Waals surface area contributed by atoms with Gasteiger partial charge >= 0.3 is 12.2 Å². The number of hydrogen-bond donors (Lipinski definition) is 1. The molecule has 2 amide bonds. The van der Waals surface area contributed by atoms with Crippen LogP contribution >= 0.6 is 0 Å². The van der Waals surface area contributed by atoms with Crippen molar-refractivity contribution in [2.75, 3.05) is 33.4 Å². The number of alkyl halides is 3. The molecule has 0 aromatic carbocycles. The molecule has 0 saturated carbocycles. The number of nitrogens with zero attached hydrogens (tertiary/aromatic N) is 2. The summed E-state index contributed by atoms with van der Waals surface area (Å²) in [6, 6.07) is 1.50. The molecule has 1 fully saturated rings. The maximum absolute atomic E-state index is 12.6. The van der Waals surface area contributed by atoms with E-state index in [4.69, 9.17) is 9.47 Å². The number of urea groups is 1. The van der Waals surface area contributed by atoms with Gasteiger partial charge in [-0.2, -0.15) is 13.2 Å². The van der Waals surface area contributed by atoms with Crippen LogP contribution in [0.1, 0.15) is 12.0 Å². The van der Waals surface area contributed by atoms with Crippen LogP contribution in [0.15, 0.2) is 18.3 Å². The van der Waals surface area contributed by atoms with Crippen molar-refractivity contribution in [2.45, 2.75) is 18.7 Å². The van der Waals surface area contributed by atoms with Gasteiger partial charge in [-0.1, -0.05) is 0 Å². The molecule has 1 unspecified atom stereocenters. The first kappa shape index (κ1) is 17.3. The van der Waals surface area contributed by atoms with Gasteiger partial charge in [0.05, 0.1) is 18.7 Å². The van der Waals surface area contributed by atoms with Gasteiger partial charge in [-0.15, -0.1) is 0 Å². The fourth-order valence-electron chi connectivity index (χ4n) is 2.20. The van der Waals surface area contributed by atoms with Crippen LogP contribution in [0, 0.1) is 0 Å². The Bertz CT molecular complexity index is 539. The van der Waals surface area contributed by atoms with Crippen LogP contribution in [0.5, 0.6) is 5.88 Å². The summed E-state index contributed by atoms with van der Waals surface area (Å²) in [5, 5.41) is 2.68. The van der Waals surface area contributed by atoms with Crippen molar-refractivity contribution < 1.29 is 27.4 Å². The minimum absolute atomic E-state index is 0.0912. The fourth-order valence-corrected chi connectivity index (χ4v) is 2.20. The SMILES string of the molecule is COCCNC(=O)N1CCC(Oc2cc(C(F)(F)F)ccn2)C1. The third-order valence-electron chi connectivity index (χ3n) is 3.36. The number of pyridine rings is 1. The monoisotopic (exact) mass is 333 g/mol. The van der Waals surface area contributed by atoms with Crippen molar-refractivity contribution in [2.24, 2.45) is 0 Å². The van der Waals surface area contributed by atoms with E-state index in [1.165, 1.54) is 7.11 Å². The van der Waals surface area contributed by atoms with E-state index in [0.29, 0.717) is 32.7 Å². The van der Waals surface area contributed by atoms with Crippen LogP contribution in [-0.2, 0) is 10.9 Å². The van der Waals surface area contributed by atoms with Gasteiger partial charge in [0, 0.05) is 38.9 Å². The normalized spacial score (nSPS) is 18.1. The van der Waals surface area contributed by atoms with E-state index in [0.717, 1.165) is 18.3 Å². The van der Waals surface area contributed by atoms with Crippen molar-refractivity contribution in [1.82, 2.24) is 15.2 Å². The zero-order valence-electron chi connectivity index (χ0n) is 12.6. The molecule has 0 radical (unpaired) electrons. The van der Waals surface area contributed by atoms with Gasteiger partial charge < -0.3 is 19.7 Å². The Labute approximate surface area is 131 Å². The number of carbonyl (C=O) groups excluding carboxylic acids is 1. The second kappa shape index (κ2) is 7.49. The number of aromatic nitrogens is 1. The maximum Gasteiger partial charge on any atom is 0.416 e. The molecule has 0 spiro atoms. The van der Waals surface area contributed by atoms with E-state index in [1.54, 1.807) is 4.90 Å². The predicted molar refractivity (Wildman–Crippen MR) is 75.1 cm³/mol. The fraction of sp³-hybridized carbons (Fsp3) is 0.571. The lowest BCUT2D eigenvalue weighted by Crippen LogP contribution is -2.40. The molecular weight excluding hydrogens is 315 g/mol. The van der Waals surface area contributed by atoms with Gasteiger partial charge in [-0.05, 0) is 6.07 Å². The van der Waals surface area contributed by atoms with Gasteiger partial charge in [0.25, 0.3) is 0 Å². The van der Waals surface area contributed by atoms with Gasteiger partial charge in [-0.25, -0.2) is 9.78 Å². The number of carbonyl (C=O) groups is 1. The number of nitrogens with one attached hydrogen (secondary N) is 1. The summed E-state index contributed by atoms with van der Waals surface area (Å²) in [6.45, 7) is 1.58. The molecular formula is C14H18F3N3O3. The minimum atomic E-state index is -4.44. The predicted octanol–water partition coefficient (Wildman–Crippen LogP) is 1.91. The zero-order chi connectivity index (χ0) is 16.9. The van der Waals surface area contributed by atoms with Crippen LogP contribution in [0.2, 0.25) is 0 Å². The molecule has 1 aliphatic heterocycles. The third-order valence-corrected chi connectivity index (χ3v) is 3.36. The summed E-state index contributed by atoms with van der Waals surface area (Å²) >= 11 is 0. The second-order valence-electron chi connectivity index (χ2n) is 5.08. The number of halogens is 3. The van der Waals surface area contributed by atoms with E-state index >= 15 is 0 Å². The van der Waals surface area contributed by atoms with Crippen molar-refractivity contribution in [3.05, 3.63) is 23.9 Å². The Kier molecular flexibility index (Phi) is 5.64. The van der Waals surface area contributed by atoms with Gasteiger partial charge in [-0.3, -0.25) is 0 Å². The average Bonchev–Trinajstić information content (AvgIpc) is 2.95. The van der Waals surface area contributed by atoms with E-state index in [2.05, 4.69) is 10.3 Å². The zero-order valence-corrected chi connectivity index (χ0v) is 12.6. The number of methoxy groups -OCH3 is 1. The standard InChI is InChI=1S/C14H18F3N3O3/c1-22-7-5-19-13(21)20-6-3-11(9-20)23-12-8-10(2-4-18-12)14(15,16)17/h2,4,8,11H,3,5-7,9H2,1H3,(H,19,21). The van der Waals surface area contributed by atoms with Crippen LogP contribution < -0.4 is 10.1 Å². The molecule has 2 rings (SSSR count). The molecule has 1 aromatic rings. The lowest BCUT2D eigenvalue weighted by molar-refractivity contribution is -0.137. The Balaban J connectivity index is 1.87. The highest BCUT2D eigenvalue weighted by Crippen LogP contribution is 2.30. The molecule has 0 bridgehead atoms. The largest absolute Gasteiger partial charge is 0.472 e. The number of likely N-dealkylation sites (tertiary alicyclic amines) is 1. The highest BCUT2D eigenvalue weighted by Gasteiger charge is 2.32. The molecule has 128 valence electrons. The third kappa shape index (κ3) is 4.98. The topological polar surface area (TPSA) is 63.7 Å². The number of rotatable bonds is 5. The van der Waals surface area contributed by atoms with Gasteiger partial charge in [0.1, 0.15) is 6.10 Å². The molecule has 9 heteroatoms. The number of hydrogen-bond acceptors (Lipinski definition) is 4. The first-order chi connectivity index (χ1) is 10.9. The lowest BCUT2D eigenvalue weighted by Gasteiger charge is -2.18. The molecule has 6 nitrogen and oxygen atoms in total. The Morgan fingerprint density at radius 2 is 2.30 bits per heavy atom. The highest BCUT2D eigenvalue weighted by molar-refractivity contribution is 5.74. The summed E-state index contributed by atoms with van der Waals surface area (Å²) in [5.74, 6) is -0.0912. The number of amides is 2. The number of ether oxygens (including phenoxy) is 2. The first-order valence-corrected chi connectivity index (χ1v) is 7.12. The summed E-state index contributed by atoms with van der Waals surface area (Å²) < 4.78 is 48.2. The molecule has 1 N–H and O–H groups in total. The Morgan fingerprint density at radius 1 is 1.52 bits per heavy atom. The molecule has 2 heterocycles. The second-order valence-corrected chi connectivity index (χ2v) is 5.08. The summed E-state index contributed by atoms with van der Waals surface area (Å²) in [7, 11) is 1.54. The van der Waals surface area contributed by atoms with Crippen LogP contribution in [0.3, 0.4) is 0 Å². The molecule has 0 aliphatic carbocycles. The Morgan fingerprint density at radius 3 is 3.00 bits per heavy atom. The molecule has 1 aliphatic rings. The Hall–Kier alpha value is -2.03. The van der Waals surface area contributed by atoms with Crippen molar-refractivity contribution >= 4 is 6.03 Å². The average molecular weight is 333 g/mol. The van der Waals surface area contributed by atoms with E-state index in [9.17, 15) is 18.0 Å². The van der Waals surface area contributed by atoms with E-state index in [1.807, 2.05) is 0 Å². The van der Waals surface area contributed by atoms with Crippen LogP contribution in [0.25, 0.3) is 0 Å². The first-order valence-electron chi connectivity index (χ1n) is 7.12. The van der Waals surface area contributed by atoms with Crippen molar-refractivity contribution in [3.63, 3.8) is 0 Å². The molecule has 1 atom stereocenters. The quantitative estimate of drug-likeness (QED) is 0.836. The van der Waals surface area contributed by atoms with Crippen LogP contribution in [-0.4, -0.2) is 55.4 Å². The van der Waals surface area contributed by atoms with Crippen LogP contribution in [0.4, 0.5) is 18.0 Å². The van der Waals surface area contributed by atoms with Crippen molar-refractivity contribution in [1.29, 1.82) is 0 Å². The van der Waals surface area contributed by atoms with E-state index < -0.39 is 11.7 Å². The maximum atomic E-state index is 12.6. The molecule has 1 aromatic heterocycles.